The first kappa shape index (κ1) is 18.5. The van der Waals surface area contributed by atoms with E-state index in [1.807, 2.05) is 31.2 Å². The monoisotopic (exact) mass is 373 g/mol. The third kappa shape index (κ3) is 4.48. The summed E-state index contributed by atoms with van der Waals surface area (Å²) in [4.78, 5) is 17.1. The van der Waals surface area contributed by atoms with Crippen molar-refractivity contribution < 1.29 is 9.53 Å². The topological polar surface area (TPSA) is 44.8 Å². The molecule has 5 nitrogen and oxygen atoms in total. The Morgan fingerprint density at radius 1 is 1.12 bits per heavy atom. The van der Waals surface area contributed by atoms with E-state index in [2.05, 4.69) is 27.2 Å². The van der Waals surface area contributed by atoms with Crippen molar-refractivity contribution in [2.24, 2.45) is 0 Å². The van der Waals surface area contributed by atoms with Gasteiger partial charge >= 0.3 is 0 Å². The maximum Gasteiger partial charge on any atom is 0.241 e. The molecule has 1 heterocycles. The Labute approximate surface area is 159 Å². The standard InChI is InChI=1S/C20H24ClN3O2/c1-15(20(25)22-17-5-3-4-16(21)14-17)23-10-12-24(13-11-23)18-6-8-19(26-2)9-7-18/h3-9,14-15H,10-13H2,1-2H3,(H,22,25)/t15-/m1/s1. The van der Waals surface area contributed by atoms with Gasteiger partial charge in [-0.2, -0.15) is 0 Å². The van der Waals surface area contributed by atoms with E-state index in [1.54, 1.807) is 19.2 Å². The molecule has 0 aromatic heterocycles. The van der Waals surface area contributed by atoms with Crippen molar-refractivity contribution in [1.82, 2.24) is 4.90 Å². The first-order valence-electron chi connectivity index (χ1n) is 8.76. The third-order valence-electron chi connectivity index (χ3n) is 4.77. The van der Waals surface area contributed by atoms with E-state index in [0.29, 0.717) is 5.02 Å². The van der Waals surface area contributed by atoms with Crippen LogP contribution < -0.4 is 15.0 Å². The number of hydrogen-bond donors (Lipinski definition) is 1. The fourth-order valence-corrected chi connectivity index (χ4v) is 3.33. The summed E-state index contributed by atoms with van der Waals surface area (Å²) in [5.41, 5.74) is 1.91. The first-order chi connectivity index (χ1) is 12.6. The zero-order chi connectivity index (χ0) is 18.5. The average molecular weight is 374 g/mol. The van der Waals surface area contributed by atoms with Crippen LogP contribution in [0.4, 0.5) is 11.4 Å². The molecule has 0 radical (unpaired) electrons. The maximum atomic E-state index is 12.5. The summed E-state index contributed by atoms with van der Waals surface area (Å²) < 4.78 is 5.21. The lowest BCUT2D eigenvalue weighted by Crippen LogP contribution is -2.52. The molecule has 0 bridgehead atoms. The van der Waals surface area contributed by atoms with Crippen molar-refractivity contribution in [1.29, 1.82) is 0 Å². The quantitative estimate of drug-likeness (QED) is 0.871. The fraction of sp³-hybridized carbons (Fsp3) is 0.350. The number of piperazine rings is 1. The van der Waals surface area contributed by atoms with E-state index in [4.69, 9.17) is 16.3 Å². The lowest BCUT2D eigenvalue weighted by Gasteiger charge is -2.38. The molecule has 0 spiro atoms. The molecule has 1 saturated heterocycles. The lowest BCUT2D eigenvalue weighted by atomic mass is 10.2. The van der Waals surface area contributed by atoms with Crippen LogP contribution in [-0.2, 0) is 4.79 Å². The first-order valence-corrected chi connectivity index (χ1v) is 9.14. The van der Waals surface area contributed by atoms with Crippen molar-refractivity contribution in [3.63, 3.8) is 0 Å². The van der Waals surface area contributed by atoms with Crippen LogP contribution in [0.5, 0.6) is 5.75 Å². The molecule has 1 atom stereocenters. The molecule has 1 aliphatic heterocycles. The van der Waals surface area contributed by atoms with Gasteiger partial charge in [-0.3, -0.25) is 9.69 Å². The van der Waals surface area contributed by atoms with Gasteiger partial charge in [-0.05, 0) is 49.4 Å². The molecule has 2 aromatic carbocycles. The summed E-state index contributed by atoms with van der Waals surface area (Å²) >= 11 is 5.97. The molecule has 1 fully saturated rings. The number of amides is 1. The second kappa shape index (κ2) is 8.43. The second-order valence-electron chi connectivity index (χ2n) is 6.40. The number of benzene rings is 2. The van der Waals surface area contributed by atoms with Gasteiger partial charge in [0.05, 0.1) is 13.2 Å². The van der Waals surface area contributed by atoms with Crippen molar-refractivity contribution in [2.75, 3.05) is 43.5 Å². The van der Waals surface area contributed by atoms with E-state index in [9.17, 15) is 4.79 Å². The van der Waals surface area contributed by atoms with E-state index >= 15 is 0 Å². The van der Waals surface area contributed by atoms with Crippen molar-refractivity contribution in [3.05, 3.63) is 53.6 Å². The highest BCUT2D eigenvalue weighted by molar-refractivity contribution is 6.30. The molecule has 1 amide bonds. The number of halogens is 1. The van der Waals surface area contributed by atoms with Crippen molar-refractivity contribution in [2.45, 2.75) is 13.0 Å². The largest absolute Gasteiger partial charge is 0.497 e. The predicted molar refractivity (Wildman–Crippen MR) is 106 cm³/mol. The van der Waals surface area contributed by atoms with Crippen LogP contribution in [0, 0.1) is 0 Å². The Bertz CT molecular complexity index is 743. The van der Waals surface area contributed by atoms with Crippen LogP contribution in [-0.4, -0.2) is 50.1 Å². The second-order valence-corrected chi connectivity index (χ2v) is 6.83. The van der Waals surface area contributed by atoms with Gasteiger partial charge in [0, 0.05) is 42.6 Å². The van der Waals surface area contributed by atoms with Crippen LogP contribution in [0.25, 0.3) is 0 Å². The van der Waals surface area contributed by atoms with E-state index < -0.39 is 0 Å². The number of methoxy groups -OCH3 is 1. The minimum absolute atomic E-state index is 0.00911. The van der Waals surface area contributed by atoms with E-state index in [0.717, 1.165) is 37.6 Å². The molecule has 26 heavy (non-hydrogen) atoms. The molecule has 1 N–H and O–H groups in total. The zero-order valence-electron chi connectivity index (χ0n) is 15.1. The number of nitrogens with zero attached hydrogens (tertiary/aromatic N) is 2. The highest BCUT2D eigenvalue weighted by Crippen LogP contribution is 2.21. The molecule has 3 rings (SSSR count). The number of hydrogen-bond acceptors (Lipinski definition) is 4. The van der Waals surface area contributed by atoms with Gasteiger partial charge in [-0.15, -0.1) is 0 Å². The maximum absolute atomic E-state index is 12.5. The number of carbonyl (C=O) groups excluding carboxylic acids is 1. The number of anilines is 2. The Morgan fingerprint density at radius 3 is 2.42 bits per heavy atom. The normalized spacial score (nSPS) is 16.2. The Balaban J connectivity index is 1.54. The number of carbonyl (C=O) groups is 1. The average Bonchev–Trinajstić information content (AvgIpc) is 2.67. The van der Waals surface area contributed by atoms with Gasteiger partial charge < -0.3 is 15.0 Å². The Morgan fingerprint density at radius 2 is 1.81 bits per heavy atom. The zero-order valence-corrected chi connectivity index (χ0v) is 15.9. The predicted octanol–water partition coefficient (Wildman–Crippen LogP) is 3.50. The molecule has 0 saturated carbocycles. The molecule has 2 aromatic rings. The minimum Gasteiger partial charge on any atom is -0.497 e. The van der Waals surface area contributed by atoms with Crippen molar-refractivity contribution >= 4 is 28.9 Å². The van der Waals surface area contributed by atoms with Crippen LogP contribution >= 0.6 is 11.6 Å². The molecular formula is C20H24ClN3O2. The fourth-order valence-electron chi connectivity index (χ4n) is 3.14. The lowest BCUT2D eigenvalue weighted by molar-refractivity contribution is -0.120. The minimum atomic E-state index is -0.188. The molecule has 1 aliphatic rings. The van der Waals surface area contributed by atoms with Gasteiger partial charge in [0.1, 0.15) is 5.75 Å². The highest BCUT2D eigenvalue weighted by atomic mass is 35.5. The van der Waals surface area contributed by atoms with Crippen LogP contribution in [0.3, 0.4) is 0 Å². The van der Waals surface area contributed by atoms with Crippen LogP contribution in [0.1, 0.15) is 6.92 Å². The third-order valence-corrected chi connectivity index (χ3v) is 5.01. The molecule has 138 valence electrons. The van der Waals surface area contributed by atoms with Gasteiger partial charge in [-0.25, -0.2) is 0 Å². The summed E-state index contributed by atoms with van der Waals surface area (Å²) in [6.45, 7) is 5.41. The smallest absolute Gasteiger partial charge is 0.241 e. The van der Waals surface area contributed by atoms with Crippen LogP contribution in [0.2, 0.25) is 5.02 Å². The molecular weight excluding hydrogens is 350 g/mol. The summed E-state index contributed by atoms with van der Waals surface area (Å²) in [5, 5.41) is 3.56. The number of ether oxygens (including phenoxy) is 1. The van der Waals surface area contributed by atoms with Crippen molar-refractivity contribution in [3.8, 4) is 5.75 Å². The van der Waals surface area contributed by atoms with E-state index in [-0.39, 0.29) is 11.9 Å². The highest BCUT2D eigenvalue weighted by Gasteiger charge is 2.25. The van der Waals surface area contributed by atoms with Gasteiger partial charge in [-0.1, -0.05) is 17.7 Å². The van der Waals surface area contributed by atoms with Gasteiger partial charge in [0.15, 0.2) is 0 Å². The Kier molecular flexibility index (Phi) is 6.01. The molecule has 6 heteroatoms. The molecule has 0 aliphatic carbocycles. The van der Waals surface area contributed by atoms with E-state index in [1.165, 1.54) is 5.69 Å². The molecule has 0 unspecified atom stereocenters. The van der Waals surface area contributed by atoms with Crippen LogP contribution in [0.15, 0.2) is 48.5 Å². The Hall–Kier alpha value is -2.24. The SMILES string of the molecule is COc1ccc(N2CCN([C@H](C)C(=O)Nc3cccc(Cl)c3)CC2)cc1. The van der Waals surface area contributed by atoms with Gasteiger partial charge in [0.2, 0.25) is 5.91 Å². The summed E-state index contributed by atoms with van der Waals surface area (Å²) in [6.07, 6.45) is 0. The number of rotatable bonds is 5. The van der Waals surface area contributed by atoms with Gasteiger partial charge in [0.25, 0.3) is 0 Å². The number of nitrogens with one attached hydrogen (secondary N) is 1. The summed E-state index contributed by atoms with van der Waals surface area (Å²) in [7, 11) is 1.67. The summed E-state index contributed by atoms with van der Waals surface area (Å²) in [5.74, 6) is 0.851. The summed E-state index contributed by atoms with van der Waals surface area (Å²) in [6, 6.07) is 15.1.